The van der Waals surface area contributed by atoms with Gasteiger partial charge in [0, 0.05) is 10.9 Å². The Labute approximate surface area is 109 Å². The molecule has 0 spiro atoms. The number of hydrogen-bond acceptors (Lipinski definition) is 4. The second-order valence-corrected chi connectivity index (χ2v) is 6.53. The average molecular weight is 266 g/mol. The van der Waals surface area contributed by atoms with E-state index in [0.717, 1.165) is 9.88 Å². The zero-order chi connectivity index (χ0) is 12.5. The van der Waals surface area contributed by atoms with Gasteiger partial charge in [0.25, 0.3) is 5.91 Å². The first-order valence-corrected chi connectivity index (χ1v) is 7.03. The van der Waals surface area contributed by atoms with Crippen LogP contribution in [0.15, 0.2) is 22.9 Å². The van der Waals surface area contributed by atoms with Gasteiger partial charge in [-0.2, -0.15) is 0 Å². The monoisotopic (exact) mass is 266 g/mol. The molecule has 0 aliphatic rings. The van der Waals surface area contributed by atoms with Crippen molar-refractivity contribution in [1.82, 2.24) is 10.3 Å². The first-order valence-electron chi connectivity index (χ1n) is 5.28. The number of thiazole rings is 1. The van der Waals surface area contributed by atoms with Crippen molar-refractivity contribution >= 4 is 28.6 Å². The Morgan fingerprint density at radius 2 is 2.12 bits per heavy atom. The van der Waals surface area contributed by atoms with Crippen molar-refractivity contribution in [3.05, 3.63) is 28.6 Å². The minimum absolute atomic E-state index is 0.114. The molecule has 2 rings (SSSR count). The fourth-order valence-corrected chi connectivity index (χ4v) is 2.91. The Kier molecular flexibility index (Phi) is 3.31. The molecular formula is C12H14N2OS2. The van der Waals surface area contributed by atoms with Crippen LogP contribution in [0.2, 0.25) is 0 Å². The summed E-state index contributed by atoms with van der Waals surface area (Å²) in [6.07, 6.45) is 0. The minimum Gasteiger partial charge on any atom is -0.346 e. The molecule has 0 saturated carbocycles. The van der Waals surface area contributed by atoms with Crippen molar-refractivity contribution in [2.24, 2.45) is 0 Å². The van der Waals surface area contributed by atoms with Crippen LogP contribution in [0.5, 0.6) is 0 Å². The van der Waals surface area contributed by atoms with E-state index >= 15 is 0 Å². The third-order valence-electron chi connectivity index (χ3n) is 1.96. The van der Waals surface area contributed by atoms with E-state index in [1.807, 2.05) is 38.3 Å². The van der Waals surface area contributed by atoms with E-state index in [1.165, 1.54) is 11.3 Å². The summed E-state index contributed by atoms with van der Waals surface area (Å²) in [7, 11) is 0. The summed E-state index contributed by atoms with van der Waals surface area (Å²) in [5.41, 5.74) is 0.261. The first-order chi connectivity index (χ1) is 7.96. The molecule has 1 N–H and O–H groups in total. The van der Waals surface area contributed by atoms with Gasteiger partial charge in [-0.05, 0) is 32.2 Å². The maximum Gasteiger partial charge on any atom is 0.271 e. The Balaban J connectivity index is 2.16. The van der Waals surface area contributed by atoms with E-state index < -0.39 is 0 Å². The lowest BCUT2D eigenvalue weighted by molar-refractivity contribution is 0.0915. The predicted molar refractivity (Wildman–Crippen MR) is 72.6 cm³/mol. The molecule has 5 heteroatoms. The number of aromatic nitrogens is 1. The Hall–Kier alpha value is -1.20. The number of carbonyl (C=O) groups is 1. The van der Waals surface area contributed by atoms with Gasteiger partial charge in [0.05, 0.1) is 4.88 Å². The third kappa shape index (κ3) is 3.14. The van der Waals surface area contributed by atoms with Crippen molar-refractivity contribution in [2.75, 3.05) is 0 Å². The van der Waals surface area contributed by atoms with Gasteiger partial charge in [-0.15, -0.1) is 22.7 Å². The minimum atomic E-state index is -0.232. The lowest BCUT2D eigenvalue weighted by Crippen LogP contribution is -2.40. The molecule has 0 fully saturated rings. The third-order valence-corrected chi connectivity index (χ3v) is 3.84. The fraction of sp³-hybridized carbons (Fsp3) is 0.333. The number of rotatable bonds is 2. The summed E-state index contributed by atoms with van der Waals surface area (Å²) in [6.45, 7) is 5.87. The van der Waals surface area contributed by atoms with Crippen LogP contribution in [0.3, 0.4) is 0 Å². The second kappa shape index (κ2) is 4.58. The quantitative estimate of drug-likeness (QED) is 0.905. The second-order valence-electron chi connectivity index (χ2n) is 4.72. The van der Waals surface area contributed by atoms with Crippen LogP contribution in [-0.2, 0) is 0 Å². The van der Waals surface area contributed by atoms with Crippen molar-refractivity contribution < 1.29 is 4.79 Å². The molecule has 90 valence electrons. The molecule has 3 nitrogen and oxygen atoms in total. The molecule has 2 aromatic rings. The molecule has 0 unspecified atom stereocenters. The summed E-state index contributed by atoms with van der Waals surface area (Å²) < 4.78 is 0. The van der Waals surface area contributed by atoms with Gasteiger partial charge in [-0.25, -0.2) is 4.98 Å². The van der Waals surface area contributed by atoms with Gasteiger partial charge in [0.15, 0.2) is 0 Å². The first kappa shape index (κ1) is 12.3. The maximum atomic E-state index is 11.9. The predicted octanol–water partition coefficient (Wildman–Crippen LogP) is 3.40. The van der Waals surface area contributed by atoms with Gasteiger partial charge in [-0.1, -0.05) is 6.07 Å². The summed E-state index contributed by atoms with van der Waals surface area (Å²) in [6, 6.07) is 3.99. The topological polar surface area (TPSA) is 42.0 Å². The molecule has 2 heterocycles. The van der Waals surface area contributed by atoms with Crippen LogP contribution >= 0.6 is 22.7 Å². The van der Waals surface area contributed by atoms with E-state index in [1.54, 1.807) is 16.7 Å². The normalized spacial score (nSPS) is 11.5. The lowest BCUT2D eigenvalue weighted by Gasteiger charge is -2.19. The molecule has 0 aromatic carbocycles. The van der Waals surface area contributed by atoms with Gasteiger partial charge in [-0.3, -0.25) is 4.79 Å². The van der Waals surface area contributed by atoms with Crippen molar-refractivity contribution in [3.63, 3.8) is 0 Å². The number of thiophene rings is 1. The summed E-state index contributed by atoms with van der Waals surface area (Å²) in [5, 5.41) is 7.61. The number of nitrogens with one attached hydrogen (secondary N) is 1. The highest BCUT2D eigenvalue weighted by molar-refractivity contribution is 7.20. The van der Waals surface area contributed by atoms with E-state index in [4.69, 9.17) is 0 Å². The van der Waals surface area contributed by atoms with E-state index in [-0.39, 0.29) is 11.4 Å². The molecule has 0 aliphatic heterocycles. The van der Waals surface area contributed by atoms with E-state index in [9.17, 15) is 4.79 Å². The van der Waals surface area contributed by atoms with Crippen LogP contribution in [0.4, 0.5) is 0 Å². The largest absolute Gasteiger partial charge is 0.346 e. The van der Waals surface area contributed by atoms with Crippen molar-refractivity contribution in [2.45, 2.75) is 26.3 Å². The molecule has 0 saturated heterocycles. The highest BCUT2D eigenvalue weighted by Gasteiger charge is 2.18. The molecular weight excluding hydrogens is 252 g/mol. The Morgan fingerprint density at radius 3 is 2.71 bits per heavy atom. The van der Waals surface area contributed by atoms with Gasteiger partial charge >= 0.3 is 0 Å². The molecule has 0 radical (unpaired) electrons. The van der Waals surface area contributed by atoms with Crippen molar-refractivity contribution in [3.8, 4) is 9.88 Å². The standard InChI is InChI=1S/C12H14N2OS2/c1-12(2,3)14-10(15)8-7-17-11(13-8)9-5-4-6-16-9/h4-7H,1-3H3,(H,14,15). The molecule has 17 heavy (non-hydrogen) atoms. The smallest absolute Gasteiger partial charge is 0.271 e. The molecule has 1 amide bonds. The lowest BCUT2D eigenvalue weighted by atomic mass is 10.1. The summed E-state index contributed by atoms with van der Waals surface area (Å²) in [5.74, 6) is -0.114. The highest BCUT2D eigenvalue weighted by Crippen LogP contribution is 2.27. The number of carbonyl (C=O) groups excluding carboxylic acids is 1. The number of amides is 1. The van der Waals surface area contributed by atoms with Crippen molar-refractivity contribution in [1.29, 1.82) is 0 Å². The van der Waals surface area contributed by atoms with Crippen LogP contribution < -0.4 is 5.32 Å². The van der Waals surface area contributed by atoms with Gasteiger partial charge in [0.2, 0.25) is 0 Å². The van der Waals surface area contributed by atoms with Gasteiger partial charge in [0.1, 0.15) is 10.7 Å². The number of hydrogen-bond donors (Lipinski definition) is 1. The Morgan fingerprint density at radius 1 is 1.35 bits per heavy atom. The molecule has 0 atom stereocenters. The Bertz CT molecular complexity index is 509. The molecule has 0 bridgehead atoms. The highest BCUT2D eigenvalue weighted by atomic mass is 32.1. The van der Waals surface area contributed by atoms with Crippen LogP contribution in [0.1, 0.15) is 31.3 Å². The molecule has 2 aromatic heterocycles. The van der Waals surface area contributed by atoms with Crippen LogP contribution in [0, 0.1) is 0 Å². The summed E-state index contributed by atoms with van der Waals surface area (Å²) in [4.78, 5) is 17.3. The zero-order valence-corrected chi connectivity index (χ0v) is 11.6. The molecule has 0 aliphatic carbocycles. The van der Waals surface area contributed by atoms with Crippen LogP contribution in [-0.4, -0.2) is 16.4 Å². The van der Waals surface area contributed by atoms with E-state index in [2.05, 4.69) is 10.3 Å². The zero-order valence-electron chi connectivity index (χ0n) is 9.98. The maximum absolute atomic E-state index is 11.9. The van der Waals surface area contributed by atoms with Gasteiger partial charge < -0.3 is 5.32 Å². The fourth-order valence-electron chi connectivity index (χ4n) is 1.30. The SMILES string of the molecule is CC(C)(C)NC(=O)c1csc(-c2cccs2)n1. The average Bonchev–Trinajstić information content (AvgIpc) is 2.86. The summed E-state index contributed by atoms with van der Waals surface area (Å²) >= 11 is 3.13. The number of nitrogens with zero attached hydrogens (tertiary/aromatic N) is 1. The van der Waals surface area contributed by atoms with Crippen LogP contribution in [0.25, 0.3) is 9.88 Å². The van der Waals surface area contributed by atoms with E-state index in [0.29, 0.717) is 5.69 Å².